The van der Waals surface area contributed by atoms with Crippen LogP contribution in [-0.4, -0.2) is 0 Å². The zero-order valence-electron chi connectivity index (χ0n) is 10.5. The average Bonchev–Trinajstić information content (AvgIpc) is 2.39. The summed E-state index contributed by atoms with van der Waals surface area (Å²) in [6, 6.07) is 13.4. The Bertz CT molecular complexity index is 572. The Labute approximate surface area is 129 Å². The van der Waals surface area contributed by atoms with Crippen molar-refractivity contribution in [1.29, 1.82) is 0 Å². The average molecular weight is 387 g/mol. The van der Waals surface area contributed by atoms with E-state index in [1.165, 1.54) is 11.6 Å². The number of benzene rings is 2. The molecule has 0 heterocycles. The summed E-state index contributed by atoms with van der Waals surface area (Å²) < 4.78 is 14.8. The Morgan fingerprint density at radius 2 is 1.95 bits per heavy atom. The maximum Gasteiger partial charge on any atom is 0.137 e. The number of halogens is 3. The molecule has 100 valence electrons. The number of hydrogen-bond donors (Lipinski definition) is 1. The molecule has 4 heteroatoms. The third-order valence-corrected chi connectivity index (χ3v) is 4.05. The molecule has 0 aromatic heterocycles. The Hall–Kier alpha value is -0.710. The molecule has 2 aromatic carbocycles. The van der Waals surface area contributed by atoms with Crippen molar-refractivity contribution in [2.24, 2.45) is 0 Å². The second-order valence-electron chi connectivity index (χ2n) is 4.41. The Morgan fingerprint density at radius 3 is 2.63 bits per heavy atom. The van der Waals surface area contributed by atoms with E-state index in [1.54, 1.807) is 6.07 Å². The molecule has 19 heavy (non-hydrogen) atoms. The Kier molecular flexibility index (Phi) is 5.13. The lowest BCUT2D eigenvalue weighted by atomic mass is 10.1. The van der Waals surface area contributed by atoms with E-state index in [0.29, 0.717) is 4.47 Å². The smallest absolute Gasteiger partial charge is 0.137 e. The predicted octanol–water partition coefficient (Wildman–Crippen LogP) is 5.20. The summed E-state index contributed by atoms with van der Waals surface area (Å²) in [4.78, 5) is 0. The summed E-state index contributed by atoms with van der Waals surface area (Å²) >= 11 is 6.67. The molecule has 2 rings (SSSR count). The lowest BCUT2D eigenvalue weighted by Gasteiger charge is -2.15. The van der Waals surface area contributed by atoms with Crippen LogP contribution in [0.3, 0.4) is 0 Å². The first-order valence-corrected chi connectivity index (χ1v) is 7.57. The van der Waals surface area contributed by atoms with Crippen LogP contribution in [0.25, 0.3) is 0 Å². The van der Waals surface area contributed by atoms with Gasteiger partial charge in [0.05, 0.1) is 4.47 Å². The van der Waals surface area contributed by atoms with Crippen molar-refractivity contribution in [3.05, 3.63) is 68.4 Å². The quantitative estimate of drug-likeness (QED) is 0.761. The van der Waals surface area contributed by atoms with E-state index in [-0.39, 0.29) is 11.9 Å². The summed E-state index contributed by atoms with van der Waals surface area (Å²) in [5.41, 5.74) is 2.27. The van der Waals surface area contributed by atoms with Crippen LogP contribution in [0.1, 0.15) is 24.1 Å². The number of hydrogen-bond acceptors (Lipinski definition) is 1. The SMILES string of the molecule is CC(NCc1cccc(Br)c1)c1ccc(F)c(Br)c1. The van der Waals surface area contributed by atoms with Gasteiger partial charge in [-0.2, -0.15) is 0 Å². The first-order chi connectivity index (χ1) is 9.06. The molecule has 0 spiro atoms. The van der Waals surface area contributed by atoms with E-state index < -0.39 is 0 Å². The van der Waals surface area contributed by atoms with Gasteiger partial charge in [-0.05, 0) is 58.2 Å². The van der Waals surface area contributed by atoms with Crippen LogP contribution in [0.15, 0.2) is 51.4 Å². The van der Waals surface area contributed by atoms with Gasteiger partial charge in [-0.1, -0.05) is 34.1 Å². The lowest BCUT2D eigenvalue weighted by molar-refractivity contribution is 0.570. The first-order valence-electron chi connectivity index (χ1n) is 5.99. The molecule has 0 bridgehead atoms. The van der Waals surface area contributed by atoms with Gasteiger partial charge in [-0.15, -0.1) is 0 Å². The topological polar surface area (TPSA) is 12.0 Å². The second kappa shape index (κ2) is 6.64. The fourth-order valence-electron chi connectivity index (χ4n) is 1.82. The second-order valence-corrected chi connectivity index (χ2v) is 6.18. The van der Waals surface area contributed by atoms with Crippen molar-refractivity contribution in [2.45, 2.75) is 19.5 Å². The van der Waals surface area contributed by atoms with Crippen LogP contribution in [0.2, 0.25) is 0 Å². The van der Waals surface area contributed by atoms with Crippen LogP contribution < -0.4 is 5.32 Å². The van der Waals surface area contributed by atoms with Crippen molar-refractivity contribution >= 4 is 31.9 Å². The molecule has 0 aliphatic rings. The third-order valence-electron chi connectivity index (χ3n) is 2.95. The Morgan fingerprint density at radius 1 is 1.16 bits per heavy atom. The summed E-state index contributed by atoms with van der Waals surface area (Å²) in [5, 5.41) is 3.42. The van der Waals surface area contributed by atoms with Crippen molar-refractivity contribution < 1.29 is 4.39 Å². The number of rotatable bonds is 4. The van der Waals surface area contributed by atoms with Gasteiger partial charge in [-0.25, -0.2) is 4.39 Å². The molecule has 0 amide bonds. The van der Waals surface area contributed by atoms with Gasteiger partial charge >= 0.3 is 0 Å². The van der Waals surface area contributed by atoms with E-state index >= 15 is 0 Å². The highest BCUT2D eigenvalue weighted by atomic mass is 79.9. The van der Waals surface area contributed by atoms with Gasteiger partial charge in [0.1, 0.15) is 5.82 Å². The monoisotopic (exact) mass is 385 g/mol. The van der Waals surface area contributed by atoms with Gasteiger partial charge < -0.3 is 5.32 Å². The molecule has 1 atom stereocenters. The zero-order chi connectivity index (χ0) is 13.8. The number of nitrogens with one attached hydrogen (secondary N) is 1. The van der Waals surface area contributed by atoms with Gasteiger partial charge in [0.15, 0.2) is 0 Å². The molecule has 1 unspecified atom stereocenters. The normalized spacial score (nSPS) is 12.4. The molecule has 1 nitrogen and oxygen atoms in total. The third kappa shape index (κ3) is 4.13. The molecule has 0 radical (unpaired) electrons. The largest absolute Gasteiger partial charge is 0.306 e. The fraction of sp³-hybridized carbons (Fsp3) is 0.200. The molecule has 0 aliphatic carbocycles. The standard InChI is InChI=1S/C15H14Br2FN/c1-10(12-5-6-15(18)14(17)8-12)19-9-11-3-2-4-13(16)7-11/h2-8,10,19H,9H2,1H3. The summed E-state index contributed by atoms with van der Waals surface area (Å²) in [5.74, 6) is -0.233. The van der Waals surface area contributed by atoms with Crippen LogP contribution in [-0.2, 0) is 6.54 Å². The molecule has 0 saturated carbocycles. The Balaban J connectivity index is 2.01. The minimum absolute atomic E-state index is 0.163. The molecular weight excluding hydrogens is 373 g/mol. The van der Waals surface area contributed by atoms with Gasteiger partial charge in [0.25, 0.3) is 0 Å². The van der Waals surface area contributed by atoms with E-state index in [9.17, 15) is 4.39 Å². The molecule has 0 fully saturated rings. The van der Waals surface area contributed by atoms with Crippen molar-refractivity contribution in [3.63, 3.8) is 0 Å². The molecular formula is C15H14Br2FN. The fourth-order valence-corrected chi connectivity index (χ4v) is 2.66. The molecule has 2 aromatic rings. The molecule has 0 aliphatic heterocycles. The van der Waals surface area contributed by atoms with Gasteiger partial charge in [0, 0.05) is 17.1 Å². The van der Waals surface area contributed by atoms with E-state index in [4.69, 9.17) is 0 Å². The highest BCUT2D eigenvalue weighted by Gasteiger charge is 2.07. The summed E-state index contributed by atoms with van der Waals surface area (Å²) in [6.07, 6.45) is 0. The van der Waals surface area contributed by atoms with Gasteiger partial charge in [0.2, 0.25) is 0 Å². The minimum Gasteiger partial charge on any atom is -0.306 e. The van der Waals surface area contributed by atoms with Crippen molar-refractivity contribution in [2.75, 3.05) is 0 Å². The predicted molar refractivity (Wildman–Crippen MR) is 83.5 cm³/mol. The van der Waals surface area contributed by atoms with Crippen LogP contribution in [0, 0.1) is 5.82 Å². The van der Waals surface area contributed by atoms with Crippen LogP contribution in [0.4, 0.5) is 4.39 Å². The summed E-state index contributed by atoms with van der Waals surface area (Å²) in [7, 11) is 0. The van der Waals surface area contributed by atoms with E-state index in [1.807, 2.05) is 18.2 Å². The maximum absolute atomic E-state index is 13.2. The van der Waals surface area contributed by atoms with Crippen molar-refractivity contribution in [3.8, 4) is 0 Å². The first kappa shape index (κ1) is 14.7. The maximum atomic E-state index is 13.2. The van der Waals surface area contributed by atoms with Crippen molar-refractivity contribution in [1.82, 2.24) is 5.32 Å². The van der Waals surface area contributed by atoms with Gasteiger partial charge in [-0.3, -0.25) is 0 Å². The minimum atomic E-state index is -0.233. The summed E-state index contributed by atoms with van der Waals surface area (Å²) in [6.45, 7) is 2.84. The van der Waals surface area contributed by atoms with Crippen LogP contribution in [0.5, 0.6) is 0 Å². The highest BCUT2D eigenvalue weighted by molar-refractivity contribution is 9.10. The zero-order valence-corrected chi connectivity index (χ0v) is 13.6. The highest BCUT2D eigenvalue weighted by Crippen LogP contribution is 2.21. The molecule has 1 N–H and O–H groups in total. The van der Waals surface area contributed by atoms with E-state index in [0.717, 1.165) is 16.6 Å². The molecule has 0 saturated heterocycles. The lowest BCUT2D eigenvalue weighted by Crippen LogP contribution is -2.18. The van der Waals surface area contributed by atoms with E-state index in [2.05, 4.69) is 56.2 Å². The van der Waals surface area contributed by atoms with Crippen LogP contribution >= 0.6 is 31.9 Å².